The maximum atomic E-state index is 12.4. The molecule has 0 bridgehead atoms. The van der Waals surface area contributed by atoms with Gasteiger partial charge in [0.25, 0.3) is 0 Å². The third-order valence-corrected chi connectivity index (χ3v) is 5.78. The van der Waals surface area contributed by atoms with Crippen molar-refractivity contribution in [2.75, 3.05) is 19.7 Å². The molecule has 0 spiro atoms. The molecule has 1 fully saturated rings. The summed E-state index contributed by atoms with van der Waals surface area (Å²) < 4.78 is 7.96. The van der Waals surface area contributed by atoms with E-state index < -0.39 is 6.10 Å². The van der Waals surface area contributed by atoms with Crippen LogP contribution in [0.5, 0.6) is 5.75 Å². The molecule has 1 aliphatic rings. The summed E-state index contributed by atoms with van der Waals surface area (Å²) in [6.45, 7) is 9.45. The molecule has 31 heavy (non-hydrogen) atoms. The second-order valence-corrected chi connectivity index (χ2v) is 8.29. The summed E-state index contributed by atoms with van der Waals surface area (Å²) in [5.74, 6) is 1.73. The molecule has 2 aromatic carbocycles. The van der Waals surface area contributed by atoms with Crippen molar-refractivity contribution < 1.29 is 14.6 Å². The van der Waals surface area contributed by atoms with Gasteiger partial charge in [-0.2, -0.15) is 0 Å². The van der Waals surface area contributed by atoms with Crippen LogP contribution in [-0.2, 0) is 11.3 Å². The highest BCUT2D eigenvalue weighted by atomic mass is 16.5. The van der Waals surface area contributed by atoms with Crippen LogP contribution in [0.3, 0.4) is 0 Å². The Balaban J connectivity index is 1.55. The van der Waals surface area contributed by atoms with E-state index in [-0.39, 0.29) is 18.4 Å². The van der Waals surface area contributed by atoms with Crippen LogP contribution in [0.25, 0.3) is 11.0 Å². The number of hydrogen-bond acceptors (Lipinski definition) is 4. The Bertz CT molecular complexity index is 1100. The maximum absolute atomic E-state index is 12.4. The van der Waals surface area contributed by atoms with Crippen LogP contribution >= 0.6 is 0 Å². The van der Waals surface area contributed by atoms with Gasteiger partial charge in [-0.05, 0) is 43.2 Å². The molecule has 0 radical (unpaired) electrons. The Labute approximate surface area is 182 Å². The standard InChI is InChI=1S/C25H29N3O3/c1-4-11-27-14-19(13-24(27)30)25-26-21-7-5-6-8-22(21)28(25)15-20(29)16-31-23-12-17(2)9-10-18(23)3/h4-10,12,19-20,29H,1,11,13-16H2,2-3H3/t19-,20+/m1/s1. The lowest BCUT2D eigenvalue weighted by Crippen LogP contribution is -2.27. The topological polar surface area (TPSA) is 67.6 Å². The van der Waals surface area contributed by atoms with Crippen molar-refractivity contribution in [3.05, 3.63) is 72.1 Å². The van der Waals surface area contributed by atoms with Gasteiger partial charge < -0.3 is 19.3 Å². The van der Waals surface area contributed by atoms with Crippen molar-refractivity contribution in [1.29, 1.82) is 0 Å². The largest absolute Gasteiger partial charge is 0.491 e. The van der Waals surface area contributed by atoms with E-state index in [1.807, 2.05) is 60.9 Å². The molecule has 1 N–H and O–H groups in total. The molecule has 2 atom stereocenters. The van der Waals surface area contributed by atoms with E-state index in [1.165, 1.54) is 0 Å². The van der Waals surface area contributed by atoms with Crippen LogP contribution in [-0.4, -0.2) is 51.3 Å². The van der Waals surface area contributed by atoms with Crippen LogP contribution in [0.1, 0.15) is 29.3 Å². The van der Waals surface area contributed by atoms with Gasteiger partial charge in [-0.1, -0.05) is 30.3 Å². The molecule has 2 heterocycles. The Hall–Kier alpha value is -3.12. The number of aromatic nitrogens is 2. The van der Waals surface area contributed by atoms with Crippen LogP contribution in [0.2, 0.25) is 0 Å². The first-order valence-electron chi connectivity index (χ1n) is 10.7. The van der Waals surface area contributed by atoms with Crippen molar-refractivity contribution in [3.8, 4) is 5.75 Å². The van der Waals surface area contributed by atoms with Crippen LogP contribution < -0.4 is 4.74 Å². The fourth-order valence-corrected chi connectivity index (χ4v) is 4.19. The fraction of sp³-hybridized carbons (Fsp3) is 0.360. The summed E-state index contributed by atoms with van der Waals surface area (Å²) in [4.78, 5) is 19.0. The predicted molar refractivity (Wildman–Crippen MR) is 121 cm³/mol. The number of amides is 1. The van der Waals surface area contributed by atoms with Crippen molar-refractivity contribution in [1.82, 2.24) is 14.5 Å². The minimum Gasteiger partial charge on any atom is -0.491 e. The summed E-state index contributed by atoms with van der Waals surface area (Å²) in [5, 5.41) is 10.8. The highest BCUT2D eigenvalue weighted by Gasteiger charge is 2.33. The van der Waals surface area contributed by atoms with Gasteiger partial charge in [-0.25, -0.2) is 4.98 Å². The number of imidazole rings is 1. The lowest BCUT2D eigenvalue weighted by molar-refractivity contribution is -0.127. The van der Waals surface area contributed by atoms with E-state index in [4.69, 9.17) is 9.72 Å². The van der Waals surface area contributed by atoms with Gasteiger partial charge in [0.15, 0.2) is 0 Å². The summed E-state index contributed by atoms with van der Waals surface area (Å²) in [6.07, 6.45) is 1.46. The van der Waals surface area contributed by atoms with Crippen molar-refractivity contribution in [2.24, 2.45) is 0 Å². The molecule has 0 unspecified atom stereocenters. The van der Waals surface area contributed by atoms with Crippen molar-refractivity contribution in [2.45, 2.75) is 38.8 Å². The number of ether oxygens (including phenoxy) is 1. The third kappa shape index (κ3) is 4.49. The summed E-state index contributed by atoms with van der Waals surface area (Å²) in [6, 6.07) is 13.9. The molecule has 6 heteroatoms. The highest BCUT2D eigenvalue weighted by molar-refractivity contribution is 5.81. The summed E-state index contributed by atoms with van der Waals surface area (Å²) in [7, 11) is 0. The van der Waals surface area contributed by atoms with E-state index in [0.717, 1.165) is 33.7 Å². The summed E-state index contributed by atoms with van der Waals surface area (Å²) in [5.41, 5.74) is 3.99. The van der Waals surface area contributed by atoms with E-state index in [2.05, 4.69) is 6.58 Å². The number of aliphatic hydroxyl groups excluding tert-OH is 1. The number of para-hydroxylation sites is 2. The third-order valence-electron chi connectivity index (χ3n) is 5.78. The number of aryl methyl sites for hydroxylation is 2. The Morgan fingerprint density at radius 3 is 2.90 bits per heavy atom. The smallest absolute Gasteiger partial charge is 0.223 e. The second-order valence-electron chi connectivity index (χ2n) is 8.29. The molecule has 1 aliphatic heterocycles. The molecule has 1 amide bonds. The zero-order chi connectivity index (χ0) is 22.0. The molecule has 162 valence electrons. The molecular weight excluding hydrogens is 390 g/mol. The van der Waals surface area contributed by atoms with Crippen LogP contribution in [0.15, 0.2) is 55.1 Å². The monoisotopic (exact) mass is 419 g/mol. The first-order chi connectivity index (χ1) is 15.0. The number of carbonyl (C=O) groups is 1. The number of likely N-dealkylation sites (tertiary alicyclic amines) is 1. The van der Waals surface area contributed by atoms with Crippen molar-refractivity contribution in [3.63, 3.8) is 0 Å². The zero-order valence-electron chi connectivity index (χ0n) is 18.1. The number of rotatable bonds is 8. The number of hydrogen-bond donors (Lipinski definition) is 1. The molecule has 1 saturated heterocycles. The quantitative estimate of drug-likeness (QED) is 0.567. The lowest BCUT2D eigenvalue weighted by atomic mass is 10.1. The highest BCUT2D eigenvalue weighted by Crippen LogP contribution is 2.30. The first-order valence-corrected chi connectivity index (χ1v) is 10.7. The molecule has 1 aromatic heterocycles. The Morgan fingerprint density at radius 1 is 1.29 bits per heavy atom. The molecule has 0 saturated carbocycles. The van der Waals surface area contributed by atoms with Crippen LogP contribution in [0.4, 0.5) is 0 Å². The maximum Gasteiger partial charge on any atom is 0.223 e. The van der Waals surface area contributed by atoms with E-state index in [0.29, 0.717) is 26.1 Å². The van der Waals surface area contributed by atoms with E-state index in [1.54, 1.807) is 11.0 Å². The SMILES string of the molecule is C=CCN1C[C@H](c2nc3ccccc3n2C[C@H](O)COc2cc(C)ccc2C)CC1=O. The number of aliphatic hydroxyl groups is 1. The number of fused-ring (bicyclic) bond motifs is 1. The van der Waals surface area contributed by atoms with Gasteiger partial charge >= 0.3 is 0 Å². The average molecular weight is 420 g/mol. The minimum absolute atomic E-state index is 0.00742. The van der Waals surface area contributed by atoms with E-state index in [9.17, 15) is 9.90 Å². The second kappa shape index (κ2) is 8.94. The Kier molecular flexibility index (Phi) is 6.09. The zero-order valence-corrected chi connectivity index (χ0v) is 18.1. The Morgan fingerprint density at radius 2 is 2.10 bits per heavy atom. The fourth-order valence-electron chi connectivity index (χ4n) is 4.19. The van der Waals surface area contributed by atoms with Gasteiger partial charge in [0.2, 0.25) is 5.91 Å². The molecule has 0 aliphatic carbocycles. The van der Waals surface area contributed by atoms with Gasteiger partial charge in [-0.3, -0.25) is 4.79 Å². The van der Waals surface area contributed by atoms with E-state index >= 15 is 0 Å². The van der Waals surface area contributed by atoms with Gasteiger partial charge in [0.05, 0.1) is 17.6 Å². The van der Waals surface area contributed by atoms with Gasteiger partial charge in [-0.15, -0.1) is 6.58 Å². The predicted octanol–water partition coefficient (Wildman–Crippen LogP) is 3.59. The molecule has 6 nitrogen and oxygen atoms in total. The summed E-state index contributed by atoms with van der Waals surface area (Å²) >= 11 is 0. The first kappa shape index (κ1) is 21.1. The number of carbonyl (C=O) groups excluding carboxylic acids is 1. The number of benzene rings is 2. The average Bonchev–Trinajstić information content (AvgIpc) is 3.29. The van der Waals surface area contributed by atoms with Crippen molar-refractivity contribution >= 4 is 16.9 Å². The normalized spacial score (nSPS) is 17.3. The minimum atomic E-state index is -0.711. The lowest BCUT2D eigenvalue weighted by Gasteiger charge is -2.19. The molecule has 3 aromatic rings. The van der Waals surface area contributed by atoms with Gasteiger partial charge in [0.1, 0.15) is 24.3 Å². The number of nitrogens with zero attached hydrogens (tertiary/aromatic N) is 3. The van der Waals surface area contributed by atoms with Gasteiger partial charge in [0, 0.05) is 25.4 Å². The molecular formula is C25H29N3O3. The van der Waals surface area contributed by atoms with Crippen LogP contribution in [0, 0.1) is 13.8 Å². The molecule has 4 rings (SSSR count).